The van der Waals surface area contributed by atoms with Gasteiger partial charge >= 0.3 is 0 Å². The quantitative estimate of drug-likeness (QED) is 0.707. The molecule has 1 saturated carbocycles. The third-order valence-electron chi connectivity index (χ3n) is 5.53. The van der Waals surface area contributed by atoms with Gasteiger partial charge in [-0.2, -0.15) is 5.10 Å². The summed E-state index contributed by atoms with van der Waals surface area (Å²) in [6.07, 6.45) is 5.48. The van der Waals surface area contributed by atoms with Crippen molar-refractivity contribution in [3.8, 4) is 17.2 Å². The van der Waals surface area contributed by atoms with E-state index in [9.17, 15) is 9.59 Å². The van der Waals surface area contributed by atoms with Gasteiger partial charge in [0.05, 0.1) is 11.4 Å². The predicted molar refractivity (Wildman–Crippen MR) is 116 cm³/mol. The highest BCUT2D eigenvalue weighted by Gasteiger charge is 2.20. The lowest BCUT2D eigenvalue weighted by Gasteiger charge is -2.23. The molecule has 1 aliphatic rings. The molecule has 0 spiro atoms. The number of benzene rings is 1. The molecule has 7 heteroatoms. The van der Waals surface area contributed by atoms with Crippen LogP contribution in [0.4, 0.5) is 0 Å². The van der Waals surface area contributed by atoms with Crippen molar-refractivity contribution in [3.05, 3.63) is 64.2 Å². The highest BCUT2D eigenvalue weighted by atomic mass is 16.2. The van der Waals surface area contributed by atoms with Gasteiger partial charge in [0.25, 0.3) is 5.56 Å². The smallest absolute Gasteiger partial charge is 0.256 e. The number of nitrogens with one attached hydrogen (secondary N) is 1. The summed E-state index contributed by atoms with van der Waals surface area (Å²) in [5.74, 6) is 0.187. The summed E-state index contributed by atoms with van der Waals surface area (Å²) >= 11 is 0. The van der Waals surface area contributed by atoms with E-state index in [-0.39, 0.29) is 24.1 Å². The van der Waals surface area contributed by atoms with Crippen LogP contribution in [0.3, 0.4) is 0 Å². The van der Waals surface area contributed by atoms with Crippen LogP contribution in [0.25, 0.3) is 17.2 Å². The summed E-state index contributed by atoms with van der Waals surface area (Å²) in [5.41, 5.74) is 2.81. The zero-order valence-corrected chi connectivity index (χ0v) is 17.5. The summed E-state index contributed by atoms with van der Waals surface area (Å²) in [4.78, 5) is 30.5. The topological polar surface area (TPSA) is 81.8 Å². The van der Waals surface area contributed by atoms with Crippen LogP contribution in [0.5, 0.6) is 0 Å². The fourth-order valence-corrected chi connectivity index (χ4v) is 4.06. The average Bonchev–Trinajstić information content (AvgIpc) is 3.08. The van der Waals surface area contributed by atoms with Crippen LogP contribution in [-0.4, -0.2) is 31.3 Å². The first-order chi connectivity index (χ1) is 14.5. The third kappa shape index (κ3) is 4.35. The second-order valence-corrected chi connectivity index (χ2v) is 7.97. The van der Waals surface area contributed by atoms with Crippen LogP contribution in [0.15, 0.2) is 47.3 Å². The van der Waals surface area contributed by atoms with E-state index in [0.717, 1.165) is 42.6 Å². The molecule has 0 unspecified atom stereocenters. The van der Waals surface area contributed by atoms with E-state index >= 15 is 0 Å². The number of hydrogen-bond acceptors (Lipinski definition) is 4. The van der Waals surface area contributed by atoms with Gasteiger partial charge < -0.3 is 5.32 Å². The number of hydrogen-bond donors (Lipinski definition) is 1. The summed E-state index contributed by atoms with van der Waals surface area (Å²) in [6.45, 7) is 3.72. The Morgan fingerprint density at radius 3 is 2.50 bits per heavy atom. The minimum Gasteiger partial charge on any atom is -0.352 e. The van der Waals surface area contributed by atoms with Gasteiger partial charge in [-0.05, 0) is 32.8 Å². The van der Waals surface area contributed by atoms with Crippen molar-refractivity contribution in [2.45, 2.75) is 58.5 Å². The van der Waals surface area contributed by atoms with E-state index in [1.165, 1.54) is 17.1 Å². The van der Waals surface area contributed by atoms with Gasteiger partial charge in [-0.1, -0.05) is 49.6 Å². The van der Waals surface area contributed by atoms with Gasteiger partial charge in [-0.25, -0.2) is 9.67 Å². The molecule has 1 amide bonds. The maximum atomic E-state index is 13.1. The summed E-state index contributed by atoms with van der Waals surface area (Å²) < 4.78 is 3.04. The Bertz CT molecular complexity index is 1090. The Hall–Kier alpha value is -3.22. The van der Waals surface area contributed by atoms with Crippen molar-refractivity contribution in [2.75, 3.05) is 0 Å². The molecule has 7 nitrogen and oxygen atoms in total. The van der Waals surface area contributed by atoms with Gasteiger partial charge in [0.2, 0.25) is 11.9 Å². The molecule has 2 aromatic heterocycles. The molecule has 4 rings (SSSR count). The highest BCUT2D eigenvalue weighted by Crippen LogP contribution is 2.19. The molecular formula is C23H27N5O2. The minimum absolute atomic E-state index is 0.0783. The lowest BCUT2D eigenvalue weighted by atomic mass is 9.95. The number of amides is 1. The lowest BCUT2D eigenvalue weighted by Crippen LogP contribution is -2.40. The molecule has 156 valence electrons. The maximum Gasteiger partial charge on any atom is 0.256 e. The molecule has 1 N–H and O–H groups in total. The third-order valence-corrected chi connectivity index (χ3v) is 5.53. The first-order valence-electron chi connectivity index (χ1n) is 10.5. The van der Waals surface area contributed by atoms with Crippen molar-refractivity contribution in [1.29, 1.82) is 0 Å². The second kappa shape index (κ2) is 8.65. The van der Waals surface area contributed by atoms with Crippen LogP contribution >= 0.6 is 0 Å². The molecule has 0 saturated heterocycles. The Labute approximate surface area is 175 Å². The lowest BCUT2D eigenvalue weighted by molar-refractivity contribution is -0.122. The molecule has 3 aromatic rings. The van der Waals surface area contributed by atoms with Crippen LogP contribution in [0, 0.1) is 13.8 Å². The predicted octanol–water partition coefficient (Wildman–Crippen LogP) is 3.16. The van der Waals surface area contributed by atoms with E-state index < -0.39 is 0 Å². The van der Waals surface area contributed by atoms with Gasteiger partial charge in [0.15, 0.2) is 0 Å². The van der Waals surface area contributed by atoms with Crippen molar-refractivity contribution >= 4 is 5.91 Å². The van der Waals surface area contributed by atoms with E-state index in [1.54, 1.807) is 4.68 Å². The Kier molecular flexibility index (Phi) is 5.79. The van der Waals surface area contributed by atoms with Crippen molar-refractivity contribution < 1.29 is 4.79 Å². The standard InChI is InChI=1S/C23H27N5O2/c1-16-13-17(2)28(26-16)23-25-20(18-9-5-3-6-10-18)14-22(30)27(23)15-21(29)24-19-11-7-4-8-12-19/h3,5-6,9-10,13-14,19H,4,7-8,11-12,15H2,1-2H3,(H,24,29). The highest BCUT2D eigenvalue weighted by molar-refractivity contribution is 5.76. The zero-order valence-electron chi connectivity index (χ0n) is 17.5. The number of rotatable bonds is 5. The normalized spacial score (nSPS) is 14.6. The minimum atomic E-state index is -0.273. The van der Waals surface area contributed by atoms with Crippen molar-refractivity contribution in [2.24, 2.45) is 0 Å². The molecule has 30 heavy (non-hydrogen) atoms. The monoisotopic (exact) mass is 405 g/mol. The summed E-state index contributed by atoms with van der Waals surface area (Å²) in [5, 5.41) is 7.59. The molecular weight excluding hydrogens is 378 g/mol. The Balaban J connectivity index is 1.72. The average molecular weight is 406 g/mol. The van der Waals surface area contributed by atoms with Crippen LogP contribution in [0.1, 0.15) is 43.5 Å². The number of aryl methyl sites for hydroxylation is 2. The number of aromatic nitrogens is 4. The van der Waals surface area contributed by atoms with Crippen LogP contribution in [-0.2, 0) is 11.3 Å². The van der Waals surface area contributed by atoms with Gasteiger partial charge in [0.1, 0.15) is 6.54 Å². The number of carbonyl (C=O) groups is 1. The zero-order chi connectivity index (χ0) is 21.1. The molecule has 0 atom stereocenters. The summed E-state index contributed by atoms with van der Waals surface area (Å²) in [6, 6.07) is 13.1. The maximum absolute atomic E-state index is 13.1. The Morgan fingerprint density at radius 2 is 1.83 bits per heavy atom. The number of nitrogens with zero attached hydrogens (tertiary/aromatic N) is 4. The van der Waals surface area contributed by atoms with Crippen LogP contribution < -0.4 is 10.9 Å². The van der Waals surface area contributed by atoms with Crippen LogP contribution in [0.2, 0.25) is 0 Å². The molecule has 1 aliphatic carbocycles. The first-order valence-corrected chi connectivity index (χ1v) is 10.5. The molecule has 1 fully saturated rings. The van der Waals surface area contributed by atoms with E-state index in [0.29, 0.717) is 11.6 Å². The van der Waals surface area contributed by atoms with E-state index in [1.807, 2.05) is 50.2 Å². The molecule has 0 radical (unpaired) electrons. The molecule has 0 aliphatic heterocycles. The second-order valence-electron chi connectivity index (χ2n) is 7.97. The van der Waals surface area contributed by atoms with Gasteiger partial charge in [-0.15, -0.1) is 0 Å². The van der Waals surface area contributed by atoms with Crippen molar-refractivity contribution in [1.82, 2.24) is 24.6 Å². The fourth-order valence-electron chi connectivity index (χ4n) is 4.06. The summed E-state index contributed by atoms with van der Waals surface area (Å²) in [7, 11) is 0. The largest absolute Gasteiger partial charge is 0.352 e. The number of carbonyl (C=O) groups excluding carboxylic acids is 1. The fraction of sp³-hybridized carbons (Fsp3) is 0.391. The van der Waals surface area contributed by atoms with Crippen molar-refractivity contribution in [3.63, 3.8) is 0 Å². The first kappa shape index (κ1) is 20.1. The SMILES string of the molecule is Cc1cc(C)n(-c2nc(-c3ccccc3)cc(=O)n2CC(=O)NC2CCCCC2)n1. The Morgan fingerprint density at radius 1 is 1.10 bits per heavy atom. The van der Waals surface area contributed by atoms with E-state index in [4.69, 9.17) is 4.98 Å². The van der Waals surface area contributed by atoms with Gasteiger partial charge in [-0.3, -0.25) is 14.2 Å². The molecule has 0 bridgehead atoms. The molecule has 2 heterocycles. The molecule has 1 aromatic carbocycles. The van der Waals surface area contributed by atoms with Gasteiger partial charge in [0, 0.05) is 23.4 Å². The van der Waals surface area contributed by atoms with E-state index in [2.05, 4.69) is 10.4 Å².